The summed E-state index contributed by atoms with van der Waals surface area (Å²) in [6.07, 6.45) is 2.79. The number of fused-ring (bicyclic) bond motifs is 1. The van der Waals surface area contributed by atoms with E-state index in [9.17, 15) is 9.59 Å². The van der Waals surface area contributed by atoms with Crippen molar-refractivity contribution in [2.24, 2.45) is 5.73 Å². The summed E-state index contributed by atoms with van der Waals surface area (Å²) in [5.74, 6) is -1.02. The molecule has 0 saturated heterocycles. The first-order valence-electron chi connectivity index (χ1n) is 4.25. The molecule has 0 unspecified atom stereocenters. The van der Waals surface area contributed by atoms with Gasteiger partial charge in [-0.25, -0.2) is 4.79 Å². The minimum atomic E-state index is -0.523. The Morgan fingerprint density at radius 3 is 3.00 bits per heavy atom. The third-order valence-corrected chi connectivity index (χ3v) is 1.89. The van der Waals surface area contributed by atoms with E-state index in [4.69, 9.17) is 10.2 Å². The van der Waals surface area contributed by atoms with Crippen LogP contribution in [0.5, 0.6) is 0 Å². The number of rotatable bonds is 2. The highest BCUT2D eigenvalue weighted by molar-refractivity contribution is 5.90. The molecule has 0 aliphatic rings. The van der Waals surface area contributed by atoms with Crippen LogP contribution < -0.4 is 11.5 Å². The lowest BCUT2D eigenvalue weighted by Gasteiger charge is -1.91. The number of carbonyl (C=O) groups is 1. The maximum atomic E-state index is 10.9. The van der Waals surface area contributed by atoms with E-state index in [1.165, 1.54) is 6.08 Å². The molecule has 3 N–H and O–H groups in total. The number of H-pyrrole nitrogens is 1. The highest BCUT2D eigenvalue weighted by Gasteiger charge is 2.00. The van der Waals surface area contributed by atoms with Crippen molar-refractivity contribution in [2.45, 2.75) is 0 Å². The molecule has 0 radical (unpaired) electrons. The predicted molar refractivity (Wildman–Crippen MR) is 55.1 cm³/mol. The fourth-order valence-corrected chi connectivity index (χ4v) is 1.24. The Bertz CT molecular complexity index is 592. The van der Waals surface area contributed by atoms with Gasteiger partial charge >= 0.3 is 5.76 Å². The Morgan fingerprint density at radius 1 is 1.47 bits per heavy atom. The predicted octanol–water partition coefficient (Wildman–Crippen LogP) is 0.620. The number of nitrogens with one attached hydrogen (secondary N) is 1. The highest BCUT2D eigenvalue weighted by atomic mass is 16.4. The fourth-order valence-electron chi connectivity index (χ4n) is 1.24. The third-order valence-electron chi connectivity index (χ3n) is 1.89. The number of nitrogens with two attached hydrogens (primary N) is 1. The van der Waals surface area contributed by atoms with Gasteiger partial charge in [0, 0.05) is 6.08 Å². The standard InChI is InChI=1S/C10H8N2O3/c11-9(13)4-2-6-1-3-7-8(5-6)15-10(14)12-7/h1-5H,(H2,11,13)(H,12,14). The fraction of sp³-hybridized carbons (Fsp3) is 0. The zero-order chi connectivity index (χ0) is 10.8. The summed E-state index contributed by atoms with van der Waals surface area (Å²) < 4.78 is 4.85. The maximum Gasteiger partial charge on any atom is 0.417 e. The van der Waals surface area contributed by atoms with Crippen LogP contribution in [0.15, 0.2) is 33.5 Å². The van der Waals surface area contributed by atoms with Crippen molar-refractivity contribution in [2.75, 3.05) is 0 Å². The molecule has 5 nitrogen and oxygen atoms in total. The summed E-state index contributed by atoms with van der Waals surface area (Å²) in [7, 11) is 0. The van der Waals surface area contributed by atoms with Crippen molar-refractivity contribution in [3.05, 3.63) is 40.4 Å². The Kier molecular flexibility index (Phi) is 2.13. The van der Waals surface area contributed by atoms with Crippen molar-refractivity contribution < 1.29 is 9.21 Å². The van der Waals surface area contributed by atoms with Gasteiger partial charge in [0.05, 0.1) is 5.52 Å². The van der Waals surface area contributed by atoms with E-state index in [0.29, 0.717) is 11.1 Å². The van der Waals surface area contributed by atoms with Crippen LogP contribution in [-0.2, 0) is 4.79 Å². The minimum Gasteiger partial charge on any atom is -0.408 e. The molecule has 0 atom stereocenters. The number of carbonyl (C=O) groups excluding carboxylic acids is 1. The van der Waals surface area contributed by atoms with Crippen LogP contribution in [-0.4, -0.2) is 10.9 Å². The van der Waals surface area contributed by atoms with E-state index in [0.717, 1.165) is 5.56 Å². The van der Waals surface area contributed by atoms with Gasteiger partial charge in [0.25, 0.3) is 0 Å². The normalized spacial score (nSPS) is 11.2. The van der Waals surface area contributed by atoms with Gasteiger partial charge in [0.15, 0.2) is 5.58 Å². The van der Waals surface area contributed by atoms with E-state index >= 15 is 0 Å². The SMILES string of the molecule is NC(=O)C=Cc1ccc2[nH]c(=O)oc2c1. The topological polar surface area (TPSA) is 89.1 Å². The van der Waals surface area contributed by atoms with Crippen LogP contribution in [0, 0.1) is 0 Å². The number of hydrogen-bond acceptors (Lipinski definition) is 3. The third kappa shape index (κ3) is 1.96. The zero-order valence-corrected chi connectivity index (χ0v) is 7.69. The molecule has 1 aromatic heterocycles. The summed E-state index contributed by atoms with van der Waals surface area (Å²) in [5, 5.41) is 0. The molecule has 0 saturated carbocycles. The molecule has 2 rings (SSSR count). The van der Waals surface area contributed by atoms with Gasteiger partial charge < -0.3 is 10.2 Å². The van der Waals surface area contributed by atoms with Gasteiger partial charge in [0.2, 0.25) is 5.91 Å². The van der Waals surface area contributed by atoms with Crippen molar-refractivity contribution in [3.63, 3.8) is 0 Å². The molecule has 76 valence electrons. The van der Waals surface area contributed by atoms with Crippen molar-refractivity contribution in [3.8, 4) is 0 Å². The molecular formula is C10H8N2O3. The van der Waals surface area contributed by atoms with Gasteiger partial charge in [0.1, 0.15) is 0 Å². The van der Waals surface area contributed by atoms with E-state index in [1.54, 1.807) is 24.3 Å². The number of aromatic amines is 1. The lowest BCUT2D eigenvalue weighted by atomic mass is 10.2. The summed E-state index contributed by atoms with van der Waals surface area (Å²) in [5.41, 5.74) is 6.76. The molecule has 1 heterocycles. The van der Waals surface area contributed by atoms with Crippen LogP contribution in [0.2, 0.25) is 0 Å². The summed E-state index contributed by atoms with van der Waals surface area (Å²) >= 11 is 0. The molecule has 0 fully saturated rings. The number of primary amides is 1. The number of aromatic nitrogens is 1. The second kappa shape index (κ2) is 3.45. The van der Waals surface area contributed by atoms with E-state index in [1.807, 2.05) is 0 Å². The lowest BCUT2D eigenvalue weighted by molar-refractivity contribution is -0.113. The van der Waals surface area contributed by atoms with Crippen LogP contribution in [0.3, 0.4) is 0 Å². The first-order valence-corrected chi connectivity index (χ1v) is 4.25. The van der Waals surface area contributed by atoms with Gasteiger partial charge in [-0.15, -0.1) is 0 Å². The van der Waals surface area contributed by atoms with Crippen LogP contribution in [0.4, 0.5) is 0 Å². The van der Waals surface area contributed by atoms with Crippen molar-refractivity contribution >= 4 is 23.1 Å². The largest absolute Gasteiger partial charge is 0.417 e. The lowest BCUT2D eigenvalue weighted by Crippen LogP contribution is -2.04. The molecule has 1 amide bonds. The van der Waals surface area contributed by atoms with Crippen molar-refractivity contribution in [1.29, 1.82) is 0 Å². The minimum absolute atomic E-state index is 0.451. The molecule has 15 heavy (non-hydrogen) atoms. The van der Waals surface area contributed by atoms with E-state index in [2.05, 4.69) is 4.98 Å². The van der Waals surface area contributed by atoms with Crippen LogP contribution >= 0.6 is 0 Å². The number of hydrogen-bond donors (Lipinski definition) is 2. The van der Waals surface area contributed by atoms with Gasteiger partial charge in [-0.05, 0) is 23.8 Å². The molecule has 0 spiro atoms. The average molecular weight is 204 g/mol. The second-order valence-electron chi connectivity index (χ2n) is 3.01. The molecular weight excluding hydrogens is 196 g/mol. The highest BCUT2D eigenvalue weighted by Crippen LogP contribution is 2.13. The van der Waals surface area contributed by atoms with E-state index < -0.39 is 11.7 Å². The number of benzene rings is 1. The first kappa shape index (κ1) is 9.26. The molecule has 2 aromatic rings. The summed E-state index contributed by atoms with van der Waals surface area (Å²) in [6.45, 7) is 0. The Labute approximate surface area is 84.2 Å². The molecule has 1 aromatic carbocycles. The molecule has 5 heteroatoms. The smallest absolute Gasteiger partial charge is 0.408 e. The number of oxazole rings is 1. The van der Waals surface area contributed by atoms with Gasteiger partial charge in [-0.3, -0.25) is 9.78 Å². The zero-order valence-electron chi connectivity index (χ0n) is 7.69. The quantitative estimate of drug-likeness (QED) is 0.702. The van der Waals surface area contributed by atoms with E-state index in [-0.39, 0.29) is 0 Å². The average Bonchev–Trinajstić information content (AvgIpc) is 2.53. The summed E-state index contributed by atoms with van der Waals surface area (Å²) in [6, 6.07) is 5.08. The van der Waals surface area contributed by atoms with Crippen molar-refractivity contribution in [1.82, 2.24) is 4.98 Å². The number of amides is 1. The monoisotopic (exact) mass is 204 g/mol. The van der Waals surface area contributed by atoms with Gasteiger partial charge in [-0.1, -0.05) is 6.07 Å². The second-order valence-corrected chi connectivity index (χ2v) is 3.01. The maximum absolute atomic E-state index is 10.9. The summed E-state index contributed by atoms with van der Waals surface area (Å²) in [4.78, 5) is 23.9. The molecule has 0 bridgehead atoms. The Morgan fingerprint density at radius 2 is 2.27 bits per heavy atom. The Balaban J connectivity index is 2.46. The Hall–Kier alpha value is -2.30. The molecule has 0 aliphatic carbocycles. The van der Waals surface area contributed by atoms with Crippen LogP contribution in [0.25, 0.3) is 17.2 Å². The first-order chi connectivity index (χ1) is 7.15. The molecule has 0 aliphatic heterocycles. The van der Waals surface area contributed by atoms with Gasteiger partial charge in [-0.2, -0.15) is 0 Å². The van der Waals surface area contributed by atoms with Crippen LogP contribution in [0.1, 0.15) is 5.56 Å².